The number of carbonyl (C=O) groups excluding carboxylic acids is 1. The Morgan fingerprint density at radius 1 is 1.32 bits per heavy atom. The van der Waals surface area contributed by atoms with Crippen molar-refractivity contribution >= 4 is 28.5 Å². The van der Waals surface area contributed by atoms with E-state index in [4.69, 9.17) is 16.6 Å². The Kier molecular flexibility index (Phi) is 3.31. The number of aromatic carboxylic acids is 1. The average molecular weight is 315 g/mol. The number of halogens is 3. The maximum Gasteiger partial charge on any atom is 0.417 e. The van der Waals surface area contributed by atoms with E-state index in [9.17, 15) is 22.8 Å². The molecule has 2 rings (SSSR count). The Bertz CT molecular complexity index is 822. The number of anilines is 1. The fraction of sp³-hybridized carbons (Fsp3) is 0.231. The number of nitrogens with zero attached hydrogens (tertiary/aromatic N) is 1. The van der Waals surface area contributed by atoms with E-state index in [1.165, 1.54) is 14.0 Å². The van der Waals surface area contributed by atoms with Crippen LogP contribution in [0, 0.1) is 6.92 Å². The number of amides is 1. The number of hydrogen-bond donors (Lipinski definition) is 3. The summed E-state index contributed by atoms with van der Waals surface area (Å²) in [6.07, 6.45) is -4.76. The third kappa shape index (κ3) is 2.05. The summed E-state index contributed by atoms with van der Waals surface area (Å²) in [4.78, 5) is 22.8. The first-order chi connectivity index (χ1) is 9.98. The highest BCUT2D eigenvalue weighted by Gasteiger charge is 2.37. The zero-order chi connectivity index (χ0) is 17.0. The van der Waals surface area contributed by atoms with Gasteiger partial charge in [-0.25, -0.2) is 4.79 Å². The minimum Gasteiger partial charge on any atom is -0.477 e. The van der Waals surface area contributed by atoms with Gasteiger partial charge in [0.1, 0.15) is 0 Å². The molecule has 5 N–H and O–H groups in total. The number of hydrogen-bond acceptors (Lipinski definition) is 3. The highest BCUT2D eigenvalue weighted by Crippen LogP contribution is 2.42. The monoisotopic (exact) mass is 315 g/mol. The maximum absolute atomic E-state index is 13.2. The van der Waals surface area contributed by atoms with E-state index >= 15 is 0 Å². The summed E-state index contributed by atoms with van der Waals surface area (Å²) in [5.41, 5.74) is 8.19. The van der Waals surface area contributed by atoms with Crippen LogP contribution in [0.5, 0.6) is 0 Å². The summed E-state index contributed by atoms with van der Waals surface area (Å²) in [7, 11) is 1.22. The molecule has 1 amide bonds. The van der Waals surface area contributed by atoms with Crippen molar-refractivity contribution in [3.05, 3.63) is 28.5 Å². The molecule has 0 bridgehead atoms. The molecule has 0 spiro atoms. The number of benzene rings is 1. The molecule has 0 aliphatic heterocycles. The van der Waals surface area contributed by atoms with Crippen molar-refractivity contribution in [2.75, 3.05) is 5.73 Å². The summed E-state index contributed by atoms with van der Waals surface area (Å²) < 4.78 is 40.6. The quantitative estimate of drug-likeness (QED) is 0.785. The van der Waals surface area contributed by atoms with Gasteiger partial charge >= 0.3 is 12.1 Å². The Hall–Kier alpha value is -2.71. The van der Waals surface area contributed by atoms with Gasteiger partial charge in [0.15, 0.2) is 5.69 Å². The van der Waals surface area contributed by atoms with Gasteiger partial charge in [-0.3, -0.25) is 4.79 Å². The molecule has 0 atom stereocenters. The number of primary amides is 1. The number of carbonyl (C=O) groups is 2. The Morgan fingerprint density at radius 2 is 1.86 bits per heavy atom. The van der Waals surface area contributed by atoms with Gasteiger partial charge in [0.25, 0.3) is 5.91 Å². The van der Waals surface area contributed by atoms with Crippen LogP contribution < -0.4 is 11.5 Å². The topological polar surface area (TPSA) is 111 Å². The second kappa shape index (κ2) is 4.65. The highest BCUT2D eigenvalue weighted by atomic mass is 19.4. The SMILES string of the molecule is Cc1cc(C(F)(F)F)c2c(N)c(C(=O)O)n(C)c2c1C(N)=O. The molecule has 1 aromatic carbocycles. The molecule has 1 aromatic heterocycles. The van der Waals surface area contributed by atoms with Crippen LogP contribution in [0.15, 0.2) is 6.07 Å². The number of fused-ring (bicyclic) bond motifs is 1. The van der Waals surface area contributed by atoms with E-state index in [1.807, 2.05) is 0 Å². The summed E-state index contributed by atoms with van der Waals surface area (Å²) in [6.45, 7) is 1.29. The molecule has 0 saturated heterocycles. The predicted octanol–water partition coefficient (Wildman–Crippen LogP) is 1.88. The van der Waals surface area contributed by atoms with Crippen LogP contribution in [0.25, 0.3) is 10.9 Å². The third-order valence-corrected chi connectivity index (χ3v) is 3.45. The van der Waals surface area contributed by atoms with Crippen molar-refractivity contribution in [1.82, 2.24) is 4.57 Å². The van der Waals surface area contributed by atoms with Crippen LogP contribution in [-0.2, 0) is 13.2 Å². The van der Waals surface area contributed by atoms with Crippen molar-refractivity contribution in [2.24, 2.45) is 12.8 Å². The van der Waals surface area contributed by atoms with Crippen molar-refractivity contribution < 1.29 is 27.9 Å². The Balaban J connectivity index is 3.17. The molecule has 0 saturated carbocycles. The standard InChI is InChI=1S/C13H12F3N3O3/c1-4-3-5(13(14,15)16)7-8(17)10(12(21)22)19(2)9(7)6(4)11(18)20/h3H,17H2,1-2H3,(H2,18,20)(H,21,22). The normalized spacial score (nSPS) is 11.9. The molecule has 0 radical (unpaired) electrons. The second-order valence-electron chi connectivity index (χ2n) is 4.83. The van der Waals surface area contributed by atoms with Gasteiger partial charge in [0.05, 0.1) is 22.3 Å². The van der Waals surface area contributed by atoms with E-state index in [1.54, 1.807) is 0 Å². The molecule has 6 nitrogen and oxygen atoms in total. The molecule has 0 fully saturated rings. The van der Waals surface area contributed by atoms with E-state index in [-0.39, 0.29) is 16.6 Å². The van der Waals surface area contributed by atoms with Crippen LogP contribution in [0.1, 0.15) is 32.0 Å². The second-order valence-corrected chi connectivity index (χ2v) is 4.83. The molecular weight excluding hydrogens is 303 g/mol. The number of rotatable bonds is 2. The number of aromatic nitrogens is 1. The highest BCUT2D eigenvalue weighted by molar-refractivity contribution is 6.14. The van der Waals surface area contributed by atoms with Gasteiger partial charge in [-0.05, 0) is 18.6 Å². The molecule has 118 valence electrons. The van der Waals surface area contributed by atoms with E-state index in [0.29, 0.717) is 0 Å². The van der Waals surface area contributed by atoms with Gasteiger partial charge in [-0.15, -0.1) is 0 Å². The number of nitrogens with two attached hydrogens (primary N) is 2. The number of nitrogen functional groups attached to an aromatic ring is 1. The van der Waals surface area contributed by atoms with E-state index in [2.05, 4.69) is 0 Å². The minimum atomic E-state index is -4.76. The number of carboxylic acid groups (broad SMARTS) is 1. The van der Waals surface area contributed by atoms with Gasteiger partial charge in [0.2, 0.25) is 0 Å². The van der Waals surface area contributed by atoms with Gasteiger partial charge in [0, 0.05) is 12.4 Å². The summed E-state index contributed by atoms with van der Waals surface area (Å²) in [6, 6.07) is 0.740. The van der Waals surface area contributed by atoms with Gasteiger partial charge < -0.3 is 21.1 Å². The van der Waals surface area contributed by atoms with Crippen LogP contribution in [-0.4, -0.2) is 21.6 Å². The molecule has 0 aliphatic carbocycles. The molecule has 2 aromatic rings. The Morgan fingerprint density at radius 3 is 2.27 bits per heavy atom. The third-order valence-electron chi connectivity index (χ3n) is 3.45. The maximum atomic E-state index is 13.2. The largest absolute Gasteiger partial charge is 0.477 e. The van der Waals surface area contributed by atoms with Crippen molar-refractivity contribution in [3.8, 4) is 0 Å². The van der Waals surface area contributed by atoms with Crippen LogP contribution in [0.2, 0.25) is 0 Å². The molecule has 1 heterocycles. The number of aryl methyl sites for hydroxylation is 2. The molecular formula is C13H12F3N3O3. The lowest BCUT2D eigenvalue weighted by Crippen LogP contribution is -2.17. The fourth-order valence-electron chi connectivity index (χ4n) is 2.61. The number of carboxylic acids is 1. The molecule has 0 unspecified atom stereocenters. The summed E-state index contributed by atoms with van der Waals surface area (Å²) in [5.74, 6) is -2.47. The first kappa shape index (κ1) is 15.7. The first-order valence-corrected chi connectivity index (χ1v) is 6.00. The summed E-state index contributed by atoms with van der Waals surface area (Å²) >= 11 is 0. The lowest BCUT2D eigenvalue weighted by atomic mass is 9.98. The zero-order valence-electron chi connectivity index (χ0n) is 11.6. The first-order valence-electron chi connectivity index (χ1n) is 6.00. The zero-order valence-corrected chi connectivity index (χ0v) is 11.6. The summed E-state index contributed by atoms with van der Waals surface area (Å²) in [5, 5.41) is 8.61. The van der Waals surface area contributed by atoms with Gasteiger partial charge in [-0.1, -0.05) is 0 Å². The van der Waals surface area contributed by atoms with E-state index < -0.39 is 40.4 Å². The van der Waals surface area contributed by atoms with Crippen molar-refractivity contribution in [1.29, 1.82) is 0 Å². The molecule has 0 aliphatic rings. The van der Waals surface area contributed by atoms with Crippen molar-refractivity contribution in [3.63, 3.8) is 0 Å². The van der Waals surface area contributed by atoms with Crippen LogP contribution in [0.4, 0.5) is 18.9 Å². The lowest BCUT2D eigenvalue weighted by molar-refractivity contribution is -0.136. The van der Waals surface area contributed by atoms with Crippen LogP contribution in [0.3, 0.4) is 0 Å². The van der Waals surface area contributed by atoms with E-state index in [0.717, 1.165) is 10.6 Å². The van der Waals surface area contributed by atoms with Crippen LogP contribution >= 0.6 is 0 Å². The van der Waals surface area contributed by atoms with Crippen molar-refractivity contribution in [2.45, 2.75) is 13.1 Å². The Labute approximate surface area is 122 Å². The fourth-order valence-corrected chi connectivity index (χ4v) is 2.61. The number of alkyl halides is 3. The smallest absolute Gasteiger partial charge is 0.417 e. The lowest BCUT2D eigenvalue weighted by Gasteiger charge is -2.13. The predicted molar refractivity (Wildman–Crippen MR) is 72.5 cm³/mol. The average Bonchev–Trinajstić information content (AvgIpc) is 2.59. The minimum absolute atomic E-state index is 0.00939. The molecule has 22 heavy (non-hydrogen) atoms. The molecule has 9 heteroatoms. The van der Waals surface area contributed by atoms with Gasteiger partial charge in [-0.2, -0.15) is 13.2 Å².